The molecule has 5 heteroatoms. The number of ether oxygens (including phenoxy) is 1. The van der Waals surface area contributed by atoms with Crippen molar-refractivity contribution >= 4 is 12.4 Å². The van der Waals surface area contributed by atoms with Gasteiger partial charge in [-0.1, -0.05) is 12.1 Å². The summed E-state index contributed by atoms with van der Waals surface area (Å²) in [6.07, 6.45) is 0. The second kappa shape index (κ2) is 3.82. The number of piperidine rings is 1. The van der Waals surface area contributed by atoms with E-state index >= 15 is 0 Å². The second-order valence-corrected chi connectivity index (χ2v) is 4.51. The number of methoxy groups -OCH3 is 1. The maximum absolute atomic E-state index is 13.7. The van der Waals surface area contributed by atoms with Gasteiger partial charge in [-0.2, -0.15) is 0 Å². The van der Waals surface area contributed by atoms with Crippen molar-refractivity contribution in [3.05, 3.63) is 29.8 Å². The Labute approximate surface area is 105 Å². The van der Waals surface area contributed by atoms with Crippen LogP contribution in [0.3, 0.4) is 0 Å². The molecule has 0 spiro atoms. The molecule has 1 heterocycles. The van der Waals surface area contributed by atoms with E-state index in [4.69, 9.17) is 4.74 Å². The van der Waals surface area contributed by atoms with Crippen molar-refractivity contribution in [3.8, 4) is 5.75 Å². The standard InChI is InChI=1S/C12H13F2NO.ClH/c1-16-9-4-2-3-8(5-9)11-7-15-6-10(11)12(11,13)14;/h2-5,10,15H,6-7H2,1H3;1H. The van der Waals surface area contributed by atoms with E-state index in [1.807, 2.05) is 0 Å². The number of benzene rings is 1. The van der Waals surface area contributed by atoms with E-state index in [2.05, 4.69) is 5.32 Å². The lowest BCUT2D eigenvalue weighted by Gasteiger charge is -2.15. The fourth-order valence-corrected chi connectivity index (χ4v) is 2.89. The van der Waals surface area contributed by atoms with Crippen molar-refractivity contribution < 1.29 is 13.5 Å². The number of rotatable bonds is 2. The van der Waals surface area contributed by atoms with Crippen molar-refractivity contribution in [2.24, 2.45) is 5.92 Å². The molecule has 2 unspecified atom stereocenters. The van der Waals surface area contributed by atoms with Crippen LogP contribution in [0.15, 0.2) is 24.3 Å². The van der Waals surface area contributed by atoms with Crippen LogP contribution in [0, 0.1) is 5.92 Å². The summed E-state index contributed by atoms with van der Waals surface area (Å²) in [4.78, 5) is 0. The fourth-order valence-electron chi connectivity index (χ4n) is 2.89. The van der Waals surface area contributed by atoms with Gasteiger partial charge in [-0.3, -0.25) is 0 Å². The first-order valence-corrected chi connectivity index (χ1v) is 5.36. The maximum atomic E-state index is 13.7. The lowest BCUT2D eigenvalue weighted by molar-refractivity contribution is 0.0676. The third kappa shape index (κ3) is 1.40. The lowest BCUT2D eigenvalue weighted by atomic mass is 9.94. The Morgan fingerprint density at radius 2 is 2.18 bits per heavy atom. The molecule has 1 saturated heterocycles. The van der Waals surface area contributed by atoms with E-state index in [1.165, 1.54) is 0 Å². The number of alkyl halides is 2. The summed E-state index contributed by atoms with van der Waals surface area (Å²) in [5, 5.41) is 3.03. The van der Waals surface area contributed by atoms with E-state index in [-0.39, 0.29) is 12.4 Å². The second-order valence-electron chi connectivity index (χ2n) is 4.51. The Balaban J connectivity index is 0.00000108. The van der Waals surface area contributed by atoms with E-state index in [0.29, 0.717) is 24.4 Å². The topological polar surface area (TPSA) is 21.3 Å². The van der Waals surface area contributed by atoms with Crippen LogP contribution in [0.5, 0.6) is 5.75 Å². The molecule has 0 bridgehead atoms. The first-order valence-electron chi connectivity index (χ1n) is 5.36. The van der Waals surface area contributed by atoms with Crippen LogP contribution in [0.4, 0.5) is 8.78 Å². The van der Waals surface area contributed by atoms with Gasteiger partial charge < -0.3 is 10.1 Å². The molecular formula is C12H14ClF2NO. The maximum Gasteiger partial charge on any atom is 0.264 e. The Hall–Kier alpha value is -0.870. The van der Waals surface area contributed by atoms with Crippen LogP contribution in [0.1, 0.15) is 5.56 Å². The van der Waals surface area contributed by atoms with Crippen molar-refractivity contribution in [3.63, 3.8) is 0 Å². The molecule has 3 rings (SSSR count). The van der Waals surface area contributed by atoms with Gasteiger partial charge in [-0.05, 0) is 17.7 Å². The largest absolute Gasteiger partial charge is 0.497 e. The molecule has 17 heavy (non-hydrogen) atoms. The summed E-state index contributed by atoms with van der Waals surface area (Å²) < 4.78 is 32.6. The van der Waals surface area contributed by atoms with Crippen LogP contribution >= 0.6 is 12.4 Å². The minimum atomic E-state index is -2.56. The molecule has 2 fully saturated rings. The predicted molar refractivity (Wildman–Crippen MR) is 63.2 cm³/mol. The van der Waals surface area contributed by atoms with E-state index in [1.54, 1.807) is 31.4 Å². The van der Waals surface area contributed by atoms with Gasteiger partial charge in [0.25, 0.3) is 5.92 Å². The smallest absolute Gasteiger partial charge is 0.264 e. The van der Waals surface area contributed by atoms with Gasteiger partial charge in [0.05, 0.1) is 18.4 Å². The summed E-state index contributed by atoms with van der Waals surface area (Å²) in [6, 6.07) is 7.04. The van der Waals surface area contributed by atoms with Crippen molar-refractivity contribution in [2.75, 3.05) is 20.2 Å². The average molecular weight is 262 g/mol. The number of nitrogens with one attached hydrogen (secondary N) is 1. The third-order valence-electron chi connectivity index (χ3n) is 3.88. The van der Waals surface area contributed by atoms with Crippen molar-refractivity contribution in [1.82, 2.24) is 5.32 Å². The molecule has 1 aromatic rings. The van der Waals surface area contributed by atoms with Gasteiger partial charge >= 0.3 is 0 Å². The number of halogens is 3. The first-order chi connectivity index (χ1) is 7.63. The van der Waals surface area contributed by atoms with E-state index in [9.17, 15) is 8.78 Å². The Kier molecular flexibility index (Phi) is 2.83. The highest BCUT2D eigenvalue weighted by atomic mass is 35.5. The average Bonchev–Trinajstić information content (AvgIpc) is 2.70. The van der Waals surface area contributed by atoms with Crippen LogP contribution < -0.4 is 10.1 Å². The lowest BCUT2D eigenvalue weighted by Crippen LogP contribution is -2.28. The number of hydrogen-bond acceptors (Lipinski definition) is 2. The minimum absolute atomic E-state index is 0. The summed E-state index contributed by atoms with van der Waals surface area (Å²) in [6.45, 7) is 0.766. The number of hydrogen-bond donors (Lipinski definition) is 1. The molecule has 2 atom stereocenters. The highest BCUT2D eigenvalue weighted by Crippen LogP contribution is 2.68. The highest BCUT2D eigenvalue weighted by Gasteiger charge is 2.82. The normalized spacial score (nSPS) is 32.5. The minimum Gasteiger partial charge on any atom is -0.497 e. The van der Waals surface area contributed by atoms with Crippen LogP contribution in [0.2, 0.25) is 0 Å². The van der Waals surface area contributed by atoms with Crippen molar-refractivity contribution in [2.45, 2.75) is 11.3 Å². The van der Waals surface area contributed by atoms with Gasteiger partial charge in [0, 0.05) is 13.1 Å². The predicted octanol–water partition coefficient (Wildman–Crippen LogP) is 2.22. The molecule has 1 N–H and O–H groups in total. The summed E-state index contributed by atoms with van der Waals surface area (Å²) >= 11 is 0. The zero-order chi connectivity index (χ0) is 11.4. The van der Waals surface area contributed by atoms with E-state index in [0.717, 1.165) is 0 Å². The summed E-state index contributed by atoms with van der Waals surface area (Å²) in [7, 11) is 1.55. The zero-order valence-electron chi connectivity index (χ0n) is 9.37. The Morgan fingerprint density at radius 3 is 2.76 bits per heavy atom. The third-order valence-corrected chi connectivity index (χ3v) is 3.88. The van der Waals surface area contributed by atoms with Gasteiger partial charge in [-0.15, -0.1) is 12.4 Å². The Bertz CT molecular complexity index is 440. The monoisotopic (exact) mass is 261 g/mol. The first kappa shape index (κ1) is 12.6. The highest BCUT2D eigenvalue weighted by molar-refractivity contribution is 5.85. The van der Waals surface area contributed by atoms with Gasteiger partial charge in [0.2, 0.25) is 0 Å². The molecule has 2 aliphatic rings. The van der Waals surface area contributed by atoms with Crippen LogP contribution in [-0.4, -0.2) is 26.1 Å². The van der Waals surface area contributed by atoms with Gasteiger partial charge in [0.15, 0.2) is 0 Å². The fraction of sp³-hybridized carbons (Fsp3) is 0.500. The summed E-state index contributed by atoms with van der Waals surface area (Å²) in [5.41, 5.74) is -0.298. The molecule has 0 aromatic heterocycles. The SMILES string of the molecule is COc1cccc(C23CNCC2C3(F)F)c1.Cl. The number of fused-ring (bicyclic) bond motifs is 1. The van der Waals surface area contributed by atoms with Crippen LogP contribution in [0.25, 0.3) is 0 Å². The quantitative estimate of drug-likeness (QED) is 0.882. The molecule has 2 nitrogen and oxygen atoms in total. The molecule has 0 radical (unpaired) electrons. The van der Waals surface area contributed by atoms with Gasteiger partial charge in [-0.25, -0.2) is 8.78 Å². The zero-order valence-corrected chi connectivity index (χ0v) is 10.2. The summed E-state index contributed by atoms with van der Waals surface area (Å²) in [5.74, 6) is -2.47. The van der Waals surface area contributed by atoms with Crippen LogP contribution in [-0.2, 0) is 5.41 Å². The molecule has 1 aromatic carbocycles. The van der Waals surface area contributed by atoms with Crippen molar-refractivity contribution in [1.29, 1.82) is 0 Å². The molecule has 0 amide bonds. The Morgan fingerprint density at radius 1 is 1.41 bits per heavy atom. The van der Waals surface area contributed by atoms with Gasteiger partial charge in [0.1, 0.15) is 5.75 Å². The molecule has 94 valence electrons. The molecule has 1 saturated carbocycles. The molecular weight excluding hydrogens is 248 g/mol. The van der Waals surface area contributed by atoms with E-state index < -0.39 is 17.3 Å². The molecule has 1 aliphatic heterocycles. The molecule has 1 aliphatic carbocycles.